The van der Waals surface area contributed by atoms with E-state index in [0.29, 0.717) is 4.90 Å². The molecule has 0 aliphatic heterocycles. The summed E-state index contributed by atoms with van der Waals surface area (Å²) in [5, 5.41) is -0.00750. The Labute approximate surface area is 97.5 Å². The van der Waals surface area contributed by atoms with E-state index in [2.05, 4.69) is 0 Å². The molecule has 1 fully saturated rings. The van der Waals surface area contributed by atoms with Gasteiger partial charge in [-0.25, -0.2) is 4.39 Å². The molecule has 4 atom stereocenters. The van der Waals surface area contributed by atoms with Gasteiger partial charge in [-0.2, -0.15) is 0 Å². The predicted molar refractivity (Wildman–Crippen MR) is 63.0 cm³/mol. The van der Waals surface area contributed by atoms with E-state index in [1.807, 2.05) is 6.92 Å². The van der Waals surface area contributed by atoms with Crippen LogP contribution in [0.5, 0.6) is 0 Å². The molecule has 1 aliphatic carbocycles. The highest BCUT2D eigenvalue weighted by atomic mass is 32.2. The van der Waals surface area contributed by atoms with Crippen molar-refractivity contribution in [3.8, 4) is 0 Å². The predicted octanol–water partition coefficient (Wildman–Crippen LogP) is 2.06. The molecule has 0 saturated heterocycles. The minimum atomic E-state index is -1.28. The van der Waals surface area contributed by atoms with Crippen molar-refractivity contribution in [3.63, 3.8) is 0 Å². The van der Waals surface area contributed by atoms with E-state index in [4.69, 9.17) is 5.73 Å². The zero-order valence-corrected chi connectivity index (χ0v) is 10.0. The Morgan fingerprint density at radius 1 is 1.38 bits per heavy atom. The monoisotopic (exact) mass is 241 g/mol. The maximum atomic E-state index is 13.5. The standard InChI is InChI=1S/C12H16FNOS/c1-8-10(14)6-7-11(8)16(15)12-5-3-2-4-9(12)13/h2-5,8,10-11H,6-7,14H2,1H3. The van der Waals surface area contributed by atoms with E-state index in [0.717, 1.165) is 12.8 Å². The van der Waals surface area contributed by atoms with Gasteiger partial charge in [0.25, 0.3) is 0 Å². The first kappa shape index (κ1) is 11.7. The fourth-order valence-corrected chi connectivity index (χ4v) is 3.97. The van der Waals surface area contributed by atoms with Crippen LogP contribution in [0, 0.1) is 11.7 Å². The Hall–Kier alpha value is -0.740. The van der Waals surface area contributed by atoms with Crippen LogP contribution in [0.3, 0.4) is 0 Å². The van der Waals surface area contributed by atoms with Crippen molar-refractivity contribution in [2.45, 2.75) is 36.0 Å². The summed E-state index contributed by atoms with van der Waals surface area (Å²) in [5.74, 6) is -0.186. The number of rotatable bonds is 2. The third-order valence-corrected chi connectivity index (χ3v) is 5.35. The van der Waals surface area contributed by atoms with Crippen molar-refractivity contribution in [2.24, 2.45) is 11.7 Å². The fraction of sp³-hybridized carbons (Fsp3) is 0.500. The number of hydrogen-bond acceptors (Lipinski definition) is 2. The van der Waals surface area contributed by atoms with Crippen LogP contribution in [0.15, 0.2) is 29.2 Å². The number of nitrogens with two attached hydrogens (primary N) is 1. The van der Waals surface area contributed by atoms with E-state index in [9.17, 15) is 8.60 Å². The van der Waals surface area contributed by atoms with E-state index >= 15 is 0 Å². The molecule has 0 heterocycles. The molecule has 88 valence electrons. The Morgan fingerprint density at radius 3 is 2.62 bits per heavy atom. The third kappa shape index (κ3) is 2.04. The van der Waals surface area contributed by atoms with E-state index in [1.165, 1.54) is 6.07 Å². The average molecular weight is 241 g/mol. The van der Waals surface area contributed by atoms with E-state index < -0.39 is 10.8 Å². The van der Waals surface area contributed by atoms with Gasteiger partial charge in [-0.05, 0) is 30.9 Å². The van der Waals surface area contributed by atoms with Gasteiger partial charge in [0, 0.05) is 11.3 Å². The first-order valence-electron chi connectivity index (χ1n) is 5.52. The Kier molecular flexibility index (Phi) is 3.40. The second-order valence-corrected chi connectivity index (χ2v) is 6.01. The maximum absolute atomic E-state index is 13.5. The molecule has 0 radical (unpaired) electrons. The molecule has 4 heteroatoms. The van der Waals surface area contributed by atoms with Crippen molar-refractivity contribution in [3.05, 3.63) is 30.1 Å². The number of halogens is 1. The second-order valence-electron chi connectivity index (χ2n) is 4.37. The van der Waals surface area contributed by atoms with E-state index in [-0.39, 0.29) is 23.0 Å². The molecule has 1 aromatic carbocycles. The molecule has 0 bridgehead atoms. The summed E-state index contributed by atoms with van der Waals surface area (Å²) in [6.07, 6.45) is 1.70. The van der Waals surface area contributed by atoms with Gasteiger partial charge in [-0.1, -0.05) is 19.1 Å². The normalized spacial score (nSPS) is 31.6. The summed E-state index contributed by atoms with van der Waals surface area (Å²) < 4.78 is 25.7. The summed E-state index contributed by atoms with van der Waals surface area (Å²) in [5.41, 5.74) is 5.89. The van der Waals surface area contributed by atoms with Gasteiger partial charge in [0.05, 0.1) is 15.7 Å². The van der Waals surface area contributed by atoms with Crippen LogP contribution in [0.4, 0.5) is 4.39 Å². The molecule has 1 aromatic rings. The highest BCUT2D eigenvalue weighted by Crippen LogP contribution is 2.31. The second kappa shape index (κ2) is 4.63. The van der Waals surface area contributed by atoms with Gasteiger partial charge in [0.1, 0.15) is 5.82 Å². The third-order valence-electron chi connectivity index (χ3n) is 3.37. The maximum Gasteiger partial charge on any atom is 0.139 e. The van der Waals surface area contributed by atoms with Crippen LogP contribution in [0.25, 0.3) is 0 Å². The zero-order valence-electron chi connectivity index (χ0n) is 9.23. The fourth-order valence-electron chi connectivity index (χ4n) is 2.23. The first-order chi connectivity index (χ1) is 7.61. The summed E-state index contributed by atoms with van der Waals surface area (Å²) in [7, 11) is -1.28. The molecule has 2 N–H and O–H groups in total. The Morgan fingerprint density at radius 2 is 2.06 bits per heavy atom. The van der Waals surface area contributed by atoms with Crippen LogP contribution >= 0.6 is 0 Å². The van der Waals surface area contributed by atoms with Crippen molar-refractivity contribution in [1.82, 2.24) is 0 Å². The van der Waals surface area contributed by atoms with Gasteiger partial charge in [-0.15, -0.1) is 0 Å². The van der Waals surface area contributed by atoms with Gasteiger partial charge < -0.3 is 5.73 Å². The molecule has 16 heavy (non-hydrogen) atoms. The summed E-state index contributed by atoms with van der Waals surface area (Å²) in [4.78, 5) is 0.313. The minimum Gasteiger partial charge on any atom is -0.327 e. The van der Waals surface area contributed by atoms with Crippen LogP contribution in [-0.2, 0) is 10.8 Å². The van der Waals surface area contributed by atoms with Crippen LogP contribution in [-0.4, -0.2) is 15.5 Å². The quantitative estimate of drug-likeness (QED) is 0.861. The highest BCUT2D eigenvalue weighted by molar-refractivity contribution is 7.85. The van der Waals surface area contributed by atoms with Crippen LogP contribution in [0.1, 0.15) is 19.8 Å². The lowest BCUT2D eigenvalue weighted by molar-refractivity contribution is 0.524. The van der Waals surface area contributed by atoms with Crippen LogP contribution in [0.2, 0.25) is 0 Å². The molecule has 0 spiro atoms. The average Bonchev–Trinajstić information content (AvgIpc) is 2.60. The molecule has 2 rings (SSSR count). The molecule has 1 aliphatic rings. The molecule has 1 saturated carbocycles. The minimum absolute atomic E-state index is 0.00750. The lowest BCUT2D eigenvalue weighted by atomic mass is 10.1. The number of hydrogen-bond donors (Lipinski definition) is 1. The van der Waals surface area contributed by atoms with Crippen molar-refractivity contribution in [2.75, 3.05) is 0 Å². The zero-order chi connectivity index (χ0) is 11.7. The lowest BCUT2D eigenvalue weighted by Gasteiger charge is -2.17. The van der Waals surface area contributed by atoms with Crippen LogP contribution < -0.4 is 5.73 Å². The SMILES string of the molecule is CC1C(N)CCC1S(=O)c1ccccc1F. The topological polar surface area (TPSA) is 43.1 Å². The Balaban J connectivity index is 2.23. The molecule has 0 amide bonds. The summed E-state index contributed by atoms with van der Waals surface area (Å²) in [6.45, 7) is 2.00. The van der Waals surface area contributed by atoms with Gasteiger partial charge in [-0.3, -0.25) is 4.21 Å². The lowest BCUT2D eigenvalue weighted by Crippen LogP contribution is -2.29. The smallest absolute Gasteiger partial charge is 0.139 e. The molecule has 2 nitrogen and oxygen atoms in total. The highest BCUT2D eigenvalue weighted by Gasteiger charge is 2.35. The molecule has 0 aromatic heterocycles. The molecular formula is C12H16FNOS. The van der Waals surface area contributed by atoms with Crippen molar-refractivity contribution in [1.29, 1.82) is 0 Å². The Bertz CT molecular complexity index is 410. The molecular weight excluding hydrogens is 225 g/mol. The van der Waals surface area contributed by atoms with Crippen molar-refractivity contribution >= 4 is 10.8 Å². The molecule has 4 unspecified atom stereocenters. The summed E-state index contributed by atoms with van der Waals surface area (Å²) >= 11 is 0. The van der Waals surface area contributed by atoms with Gasteiger partial charge in [0.2, 0.25) is 0 Å². The van der Waals surface area contributed by atoms with Gasteiger partial charge in [0.15, 0.2) is 0 Å². The summed E-state index contributed by atoms with van der Waals surface area (Å²) in [6, 6.07) is 6.38. The van der Waals surface area contributed by atoms with Gasteiger partial charge >= 0.3 is 0 Å². The van der Waals surface area contributed by atoms with E-state index in [1.54, 1.807) is 18.2 Å². The number of benzene rings is 1. The van der Waals surface area contributed by atoms with Crippen molar-refractivity contribution < 1.29 is 8.60 Å². The first-order valence-corrected chi connectivity index (χ1v) is 6.73. The largest absolute Gasteiger partial charge is 0.327 e.